The number of anilines is 1. The number of nitrogens with zero attached hydrogens (tertiary/aromatic N) is 2. The summed E-state index contributed by atoms with van der Waals surface area (Å²) in [4.78, 5) is 30.0. The molecule has 0 aliphatic carbocycles. The first-order valence-electron chi connectivity index (χ1n) is 15.1. The topological polar surface area (TPSA) is 86.8 Å². The normalized spacial score (nSPS) is 12.1. The number of benzene rings is 4. The third-order valence-corrected chi connectivity index (χ3v) is 9.92. The second-order valence-electron chi connectivity index (χ2n) is 11.8. The molecule has 1 N–H and O–H groups in total. The second kappa shape index (κ2) is 15.6. The van der Waals surface area contributed by atoms with Gasteiger partial charge in [-0.3, -0.25) is 13.9 Å². The van der Waals surface area contributed by atoms with E-state index in [2.05, 4.69) is 5.32 Å². The number of nitrogens with one attached hydrogen (secondary N) is 1. The number of carbonyl (C=O) groups excluding carboxylic acids is 2. The highest BCUT2D eigenvalue weighted by molar-refractivity contribution is 7.92. The van der Waals surface area contributed by atoms with Crippen LogP contribution in [0.5, 0.6) is 0 Å². The smallest absolute Gasteiger partial charge is 0.264 e. The first-order valence-corrected chi connectivity index (χ1v) is 17.3. The minimum atomic E-state index is -4.18. The number of sulfonamides is 1. The monoisotopic (exact) mass is 679 g/mol. The summed E-state index contributed by atoms with van der Waals surface area (Å²) in [5.74, 6) is -0.711. The van der Waals surface area contributed by atoms with Gasteiger partial charge in [-0.2, -0.15) is 0 Å². The molecule has 0 fully saturated rings. The number of hydrogen-bond donors (Lipinski definition) is 1. The van der Waals surface area contributed by atoms with Crippen LogP contribution in [0.25, 0.3) is 0 Å². The molecule has 0 saturated carbocycles. The number of aryl methyl sites for hydroxylation is 2. The van der Waals surface area contributed by atoms with Crippen LogP contribution in [0.2, 0.25) is 10.0 Å². The Balaban J connectivity index is 1.83. The van der Waals surface area contributed by atoms with E-state index >= 15 is 0 Å². The maximum Gasteiger partial charge on any atom is 0.264 e. The summed E-state index contributed by atoms with van der Waals surface area (Å²) >= 11 is 12.5. The lowest BCUT2D eigenvalue weighted by Crippen LogP contribution is -2.53. The zero-order chi connectivity index (χ0) is 33.4. The van der Waals surface area contributed by atoms with Gasteiger partial charge < -0.3 is 10.2 Å². The zero-order valence-electron chi connectivity index (χ0n) is 26.4. The lowest BCUT2D eigenvalue weighted by Gasteiger charge is -2.34. The van der Waals surface area contributed by atoms with E-state index in [1.165, 1.54) is 17.0 Å². The van der Waals surface area contributed by atoms with Gasteiger partial charge in [0.25, 0.3) is 10.0 Å². The molecule has 0 aliphatic heterocycles. The van der Waals surface area contributed by atoms with Gasteiger partial charge in [0.2, 0.25) is 11.8 Å². The predicted octanol–water partition coefficient (Wildman–Crippen LogP) is 7.22. The minimum absolute atomic E-state index is 0.00556. The van der Waals surface area contributed by atoms with E-state index in [9.17, 15) is 18.0 Å². The molecule has 7 nitrogen and oxygen atoms in total. The molecule has 1 unspecified atom stereocenters. The Morgan fingerprint density at radius 2 is 1.39 bits per heavy atom. The summed E-state index contributed by atoms with van der Waals surface area (Å²) in [5.41, 5.74) is 3.54. The van der Waals surface area contributed by atoms with Crippen LogP contribution < -0.4 is 9.62 Å². The number of rotatable bonds is 13. The van der Waals surface area contributed by atoms with E-state index in [1.54, 1.807) is 48.5 Å². The number of carbonyl (C=O) groups is 2. The molecule has 2 amide bonds. The second-order valence-corrected chi connectivity index (χ2v) is 14.5. The third-order valence-electron chi connectivity index (χ3n) is 7.40. The summed E-state index contributed by atoms with van der Waals surface area (Å²) < 4.78 is 29.5. The third kappa shape index (κ3) is 9.12. The molecule has 0 saturated heterocycles. The highest BCUT2D eigenvalue weighted by atomic mass is 35.5. The summed E-state index contributed by atoms with van der Waals surface area (Å²) in [6.07, 6.45) is 0.215. The van der Waals surface area contributed by atoms with Crippen LogP contribution in [0.4, 0.5) is 5.69 Å². The lowest BCUT2D eigenvalue weighted by atomic mass is 10.0. The van der Waals surface area contributed by atoms with Gasteiger partial charge in [-0.1, -0.05) is 97.7 Å². The van der Waals surface area contributed by atoms with Gasteiger partial charge in [-0.15, -0.1) is 0 Å². The highest BCUT2D eigenvalue weighted by Gasteiger charge is 2.35. The van der Waals surface area contributed by atoms with Crippen molar-refractivity contribution in [3.05, 3.63) is 129 Å². The standard InChI is InChI=1S/C36H39Cl2N3O4S/c1-25(2)22-39-36(43)34(21-28-11-7-5-8-12-28)40(23-29-15-16-32(37)33(38)20-29)35(42)24-41(30-18-26(3)17-27(4)19-30)46(44,45)31-13-9-6-10-14-31/h5-20,25,34H,21-24H2,1-4H3,(H,39,43). The fourth-order valence-electron chi connectivity index (χ4n) is 5.15. The molecule has 4 aromatic carbocycles. The van der Waals surface area contributed by atoms with Gasteiger partial charge >= 0.3 is 0 Å². The molecule has 242 valence electrons. The van der Waals surface area contributed by atoms with Crippen molar-refractivity contribution in [3.63, 3.8) is 0 Å². The Morgan fingerprint density at radius 3 is 1.98 bits per heavy atom. The van der Waals surface area contributed by atoms with Crippen molar-refractivity contribution in [2.75, 3.05) is 17.4 Å². The van der Waals surface area contributed by atoms with Crippen LogP contribution >= 0.6 is 23.2 Å². The molecule has 4 rings (SSSR count). The Kier molecular flexibility index (Phi) is 11.9. The lowest BCUT2D eigenvalue weighted by molar-refractivity contribution is -0.140. The average Bonchev–Trinajstić information content (AvgIpc) is 3.02. The highest BCUT2D eigenvalue weighted by Crippen LogP contribution is 2.28. The quantitative estimate of drug-likeness (QED) is 0.162. The molecule has 0 heterocycles. The van der Waals surface area contributed by atoms with Crippen LogP contribution in [0.15, 0.2) is 102 Å². The van der Waals surface area contributed by atoms with Crippen molar-refractivity contribution in [3.8, 4) is 0 Å². The summed E-state index contributed by atoms with van der Waals surface area (Å²) in [6, 6.07) is 26.9. The summed E-state index contributed by atoms with van der Waals surface area (Å²) in [6.45, 7) is 7.59. The van der Waals surface area contributed by atoms with Gasteiger partial charge in [-0.25, -0.2) is 8.42 Å². The minimum Gasteiger partial charge on any atom is -0.354 e. The van der Waals surface area contributed by atoms with Gasteiger partial charge in [0.15, 0.2) is 0 Å². The zero-order valence-corrected chi connectivity index (χ0v) is 28.7. The maximum atomic E-state index is 14.6. The van der Waals surface area contributed by atoms with E-state index in [0.717, 1.165) is 21.0 Å². The summed E-state index contributed by atoms with van der Waals surface area (Å²) in [5, 5.41) is 3.65. The van der Waals surface area contributed by atoms with Crippen molar-refractivity contribution in [1.82, 2.24) is 10.2 Å². The Hall–Kier alpha value is -3.85. The van der Waals surface area contributed by atoms with Crippen LogP contribution in [-0.2, 0) is 32.6 Å². The molecule has 0 aromatic heterocycles. The van der Waals surface area contributed by atoms with Gasteiger partial charge in [0, 0.05) is 19.5 Å². The van der Waals surface area contributed by atoms with E-state index in [0.29, 0.717) is 27.8 Å². The molecule has 4 aromatic rings. The van der Waals surface area contributed by atoms with Crippen LogP contribution in [0.3, 0.4) is 0 Å². The van der Waals surface area contributed by atoms with Crippen molar-refractivity contribution < 1.29 is 18.0 Å². The van der Waals surface area contributed by atoms with E-state index < -0.39 is 28.5 Å². The van der Waals surface area contributed by atoms with E-state index in [1.807, 2.05) is 64.1 Å². The fourth-order valence-corrected chi connectivity index (χ4v) is 6.89. The average molecular weight is 681 g/mol. The predicted molar refractivity (Wildman–Crippen MR) is 186 cm³/mol. The molecule has 10 heteroatoms. The van der Waals surface area contributed by atoms with Crippen LogP contribution in [0, 0.1) is 19.8 Å². The first kappa shape index (κ1) is 35.0. The molecular weight excluding hydrogens is 641 g/mol. The molecule has 0 bridgehead atoms. The fraction of sp³-hybridized carbons (Fsp3) is 0.278. The van der Waals surface area contributed by atoms with E-state index in [4.69, 9.17) is 23.2 Å². The molecule has 1 atom stereocenters. The molecule has 0 radical (unpaired) electrons. The Labute approximate surface area is 282 Å². The number of hydrogen-bond acceptors (Lipinski definition) is 4. The van der Waals surface area contributed by atoms with Crippen molar-refractivity contribution in [2.24, 2.45) is 5.92 Å². The number of amides is 2. The van der Waals surface area contributed by atoms with Crippen molar-refractivity contribution in [2.45, 2.75) is 51.6 Å². The first-order chi connectivity index (χ1) is 21.8. The van der Waals surface area contributed by atoms with Gasteiger partial charge in [0.1, 0.15) is 12.6 Å². The molecule has 0 aliphatic rings. The maximum absolute atomic E-state index is 14.6. The van der Waals surface area contributed by atoms with Crippen LogP contribution in [-0.4, -0.2) is 44.3 Å². The van der Waals surface area contributed by atoms with Gasteiger partial charge in [0.05, 0.1) is 20.6 Å². The van der Waals surface area contributed by atoms with Gasteiger partial charge in [-0.05, 0) is 78.4 Å². The molecular formula is C36H39Cl2N3O4S. The van der Waals surface area contributed by atoms with Crippen LogP contribution in [0.1, 0.15) is 36.1 Å². The van der Waals surface area contributed by atoms with Crippen molar-refractivity contribution in [1.29, 1.82) is 0 Å². The summed E-state index contributed by atoms with van der Waals surface area (Å²) in [7, 11) is -4.18. The number of halogens is 2. The molecule has 0 spiro atoms. The largest absolute Gasteiger partial charge is 0.354 e. The molecule has 46 heavy (non-hydrogen) atoms. The Morgan fingerprint density at radius 1 is 0.783 bits per heavy atom. The Bertz CT molecular complexity index is 1750. The van der Waals surface area contributed by atoms with E-state index in [-0.39, 0.29) is 29.7 Å². The SMILES string of the molecule is Cc1cc(C)cc(N(CC(=O)N(Cc2ccc(Cl)c(Cl)c2)C(Cc2ccccc2)C(=O)NCC(C)C)S(=O)(=O)c2ccccc2)c1. The van der Waals surface area contributed by atoms with Crippen molar-refractivity contribution >= 4 is 50.7 Å².